The van der Waals surface area contributed by atoms with Crippen molar-refractivity contribution in [2.24, 2.45) is 10.9 Å². The van der Waals surface area contributed by atoms with Gasteiger partial charge in [-0.25, -0.2) is 4.79 Å². The number of piperazine rings is 1. The van der Waals surface area contributed by atoms with Crippen LogP contribution in [0.2, 0.25) is 5.02 Å². The molecule has 0 bridgehead atoms. The molecular weight excluding hydrogens is 392 g/mol. The zero-order valence-electron chi connectivity index (χ0n) is 15.8. The predicted molar refractivity (Wildman–Crippen MR) is 111 cm³/mol. The Labute approximate surface area is 173 Å². The van der Waals surface area contributed by atoms with Gasteiger partial charge in [0.2, 0.25) is 11.8 Å². The van der Waals surface area contributed by atoms with Crippen LogP contribution in [0, 0.1) is 5.92 Å². The average Bonchev–Trinajstić information content (AvgIpc) is 2.74. The van der Waals surface area contributed by atoms with E-state index in [1.807, 2.05) is 24.3 Å². The molecule has 0 N–H and O–H groups in total. The van der Waals surface area contributed by atoms with Crippen LogP contribution in [0.5, 0.6) is 0 Å². The van der Waals surface area contributed by atoms with E-state index >= 15 is 0 Å². The van der Waals surface area contributed by atoms with Gasteiger partial charge in [-0.3, -0.25) is 14.5 Å². The molecule has 1 fully saturated rings. The van der Waals surface area contributed by atoms with Crippen molar-refractivity contribution >= 4 is 40.8 Å². The fourth-order valence-electron chi connectivity index (χ4n) is 3.72. The maximum absolute atomic E-state index is 12.6. The maximum Gasteiger partial charge on any atom is 0.350 e. The van der Waals surface area contributed by atoms with Crippen LogP contribution in [0.15, 0.2) is 53.6 Å². The van der Waals surface area contributed by atoms with Gasteiger partial charge in [0.05, 0.1) is 11.6 Å². The normalized spacial score (nSPS) is 21.3. The van der Waals surface area contributed by atoms with Crippen molar-refractivity contribution in [3.63, 3.8) is 0 Å². The Balaban J connectivity index is 1.30. The standard InChI is InChI=1S/C21H21ClN4O3/c22-15-5-7-16(8-6-15)24-11-13-25(14-12-24)19(27)9-10-26-20(28)17-3-1-2-4-18(17)23-21(26)29/h1-8,17H,9-14H2. The smallest absolute Gasteiger partial charge is 0.350 e. The molecule has 4 amide bonds. The second kappa shape index (κ2) is 8.21. The third-order valence-electron chi connectivity index (χ3n) is 5.36. The molecule has 3 aliphatic rings. The molecule has 1 atom stereocenters. The molecule has 7 nitrogen and oxygen atoms in total. The minimum Gasteiger partial charge on any atom is -0.368 e. The van der Waals surface area contributed by atoms with Gasteiger partial charge < -0.3 is 9.80 Å². The molecule has 2 heterocycles. The summed E-state index contributed by atoms with van der Waals surface area (Å²) in [7, 11) is 0. The van der Waals surface area contributed by atoms with Crippen LogP contribution in [0.1, 0.15) is 6.42 Å². The topological polar surface area (TPSA) is 73.3 Å². The second-order valence-corrected chi connectivity index (χ2v) is 7.56. The Bertz CT molecular complexity index is 914. The molecule has 2 aliphatic heterocycles. The summed E-state index contributed by atoms with van der Waals surface area (Å²) >= 11 is 5.93. The molecule has 4 rings (SSSR count). The Morgan fingerprint density at radius 3 is 2.52 bits per heavy atom. The number of urea groups is 1. The highest BCUT2D eigenvalue weighted by atomic mass is 35.5. The minimum atomic E-state index is -0.596. The summed E-state index contributed by atoms with van der Waals surface area (Å²) in [6.07, 6.45) is 7.01. The van der Waals surface area contributed by atoms with Crippen LogP contribution in [0.3, 0.4) is 0 Å². The molecular formula is C21H21ClN4O3. The van der Waals surface area contributed by atoms with E-state index in [4.69, 9.17) is 11.6 Å². The van der Waals surface area contributed by atoms with E-state index in [9.17, 15) is 14.4 Å². The molecule has 0 aromatic heterocycles. The van der Waals surface area contributed by atoms with Crippen molar-refractivity contribution < 1.29 is 14.4 Å². The molecule has 1 aromatic carbocycles. The van der Waals surface area contributed by atoms with Crippen molar-refractivity contribution in [3.8, 4) is 0 Å². The van der Waals surface area contributed by atoms with E-state index in [1.54, 1.807) is 29.2 Å². The van der Waals surface area contributed by atoms with Crippen LogP contribution >= 0.6 is 11.6 Å². The van der Waals surface area contributed by atoms with Crippen molar-refractivity contribution in [2.45, 2.75) is 6.42 Å². The zero-order valence-corrected chi connectivity index (χ0v) is 16.6. The predicted octanol–water partition coefficient (Wildman–Crippen LogP) is 2.52. The lowest BCUT2D eigenvalue weighted by Crippen LogP contribution is -2.50. The van der Waals surface area contributed by atoms with E-state index < -0.39 is 11.9 Å². The van der Waals surface area contributed by atoms with Crippen molar-refractivity contribution in [1.82, 2.24) is 9.80 Å². The van der Waals surface area contributed by atoms with E-state index in [1.165, 1.54) is 0 Å². The van der Waals surface area contributed by atoms with Gasteiger partial charge in [0.1, 0.15) is 0 Å². The first-order chi connectivity index (χ1) is 14.0. The zero-order chi connectivity index (χ0) is 20.4. The molecule has 29 heavy (non-hydrogen) atoms. The van der Waals surface area contributed by atoms with Gasteiger partial charge in [-0.05, 0) is 30.3 Å². The molecule has 1 saturated heterocycles. The number of imide groups is 1. The van der Waals surface area contributed by atoms with Gasteiger partial charge in [-0.15, -0.1) is 0 Å². The van der Waals surface area contributed by atoms with Crippen LogP contribution in [-0.2, 0) is 9.59 Å². The van der Waals surface area contributed by atoms with Gasteiger partial charge in [0.25, 0.3) is 0 Å². The molecule has 8 heteroatoms. The molecule has 1 aromatic rings. The van der Waals surface area contributed by atoms with Crippen molar-refractivity contribution in [3.05, 3.63) is 53.6 Å². The third kappa shape index (κ3) is 4.10. The SMILES string of the molecule is O=C(CCN1C(=O)N=C2C=CC=CC2C1=O)N1CCN(c2ccc(Cl)cc2)CC1. The molecule has 1 unspecified atom stereocenters. The van der Waals surface area contributed by atoms with Gasteiger partial charge in [-0.2, -0.15) is 4.99 Å². The number of halogens is 1. The average molecular weight is 413 g/mol. The lowest BCUT2D eigenvalue weighted by molar-refractivity contribution is -0.133. The Hall–Kier alpha value is -2.93. The summed E-state index contributed by atoms with van der Waals surface area (Å²) in [5, 5.41) is 0.695. The van der Waals surface area contributed by atoms with E-state index in [0.29, 0.717) is 23.8 Å². The summed E-state index contributed by atoms with van der Waals surface area (Å²) in [6.45, 7) is 2.70. The van der Waals surface area contributed by atoms with Crippen LogP contribution in [-0.4, -0.2) is 66.1 Å². The number of benzene rings is 1. The van der Waals surface area contributed by atoms with Gasteiger partial charge in [-0.1, -0.05) is 29.8 Å². The molecule has 0 spiro atoms. The maximum atomic E-state index is 12.6. The van der Waals surface area contributed by atoms with Gasteiger partial charge >= 0.3 is 6.03 Å². The number of rotatable bonds is 4. The van der Waals surface area contributed by atoms with E-state index in [0.717, 1.165) is 23.7 Å². The summed E-state index contributed by atoms with van der Waals surface area (Å²) in [4.78, 5) is 46.4. The molecule has 150 valence electrons. The number of hydrogen-bond acceptors (Lipinski definition) is 4. The third-order valence-corrected chi connectivity index (χ3v) is 5.61. The Kier molecular flexibility index (Phi) is 5.49. The Morgan fingerprint density at radius 1 is 1.07 bits per heavy atom. The number of allylic oxidation sites excluding steroid dienone is 3. The largest absolute Gasteiger partial charge is 0.368 e. The summed E-state index contributed by atoms with van der Waals surface area (Å²) in [6, 6.07) is 7.05. The first-order valence-corrected chi connectivity index (χ1v) is 9.98. The van der Waals surface area contributed by atoms with Gasteiger partial charge in [0, 0.05) is 49.9 Å². The fourth-order valence-corrected chi connectivity index (χ4v) is 3.84. The monoisotopic (exact) mass is 412 g/mol. The summed E-state index contributed by atoms with van der Waals surface area (Å²) in [5.74, 6) is -0.910. The number of carbonyl (C=O) groups excluding carboxylic acids is 3. The first kappa shape index (κ1) is 19.4. The lowest BCUT2D eigenvalue weighted by Gasteiger charge is -2.36. The highest BCUT2D eigenvalue weighted by Crippen LogP contribution is 2.21. The van der Waals surface area contributed by atoms with Crippen LogP contribution in [0.25, 0.3) is 0 Å². The minimum absolute atomic E-state index is 0.0543. The molecule has 1 aliphatic carbocycles. The number of hydrogen-bond donors (Lipinski definition) is 0. The molecule has 0 radical (unpaired) electrons. The molecule has 0 saturated carbocycles. The fraction of sp³-hybridized carbons (Fsp3) is 0.333. The summed E-state index contributed by atoms with van der Waals surface area (Å²) < 4.78 is 0. The Morgan fingerprint density at radius 2 is 1.79 bits per heavy atom. The highest BCUT2D eigenvalue weighted by Gasteiger charge is 2.36. The quantitative estimate of drug-likeness (QED) is 0.761. The number of fused-ring (bicyclic) bond motifs is 1. The number of amides is 4. The van der Waals surface area contributed by atoms with Crippen molar-refractivity contribution in [2.75, 3.05) is 37.6 Å². The van der Waals surface area contributed by atoms with E-state index in [2.05, 4.69) is 9.89 Å². The van der Waals surface area contributed by atoms with Crippen LogP contribution < -0.4 is 4.90 Å². The number of carbonyl (C=O) groups is 3. The number of aliphatic imine (C=N–C) groups is 1. The number of anilines is 1. The summed E-state index contributed by atoms with van der Waals surface area (Å²) in [5.41, 5.74) is 1.54. The first-order valence-electron chi connectivity index (χ1n) is 9.60. The number of nitrogens with zero attached hydrogens (tertiary/aromatic N) is 4. The second-order valence-electron chi connectivity index (χ2n) is 7.13. The highest BCUT2D eigenvalue weighted by molar-refractivity contribution is 6.30. The van der Waals surface area contributed by atoms with Crippen molar-refractivity contribution in [1.29, 1.82) is 0 Å². The lowest BCUT2D eigenvalue weighted by atomic mass is 9.95. The van der Waals surface area contributed by atoms with Gasteiger partial charge in [0.15, 0.2) is 0 Å². The van der Waals surface area contributed by atoms with Crippen LogP contribution in [0.4, 0.5) is 10.5 Å². The van der Waals surface area contributed by atoms with E-state index in [-0.39, 0.29) is 24.8 Å².